The second-order valence-electron chi connectivity index (χ2n) is 8.12. The summed E-state index contributed by atoms with van der Waals surface area (Å²) in [6.07, 6.45) is 4.77. The van der Waals surface area contributed by atoms with Crippen molar-refractivity contribution in [2.75, 3.05) is 5.32 Å². The molecule has 0 spiro atoms. The van der Waals surface area contributed by atoms with Gasteiger partial charge >= 0.3 is 0 Å². The Labute approximate surface area is 203 Å². The summed E-state index contributed by atoms with van der Waals surface area (Å²) in [6, 6.07) is 21.8. The van der Waals surface area contributed by atoms with Crippen LogP contribution < -0.4 is 10.0 Å². The molecule has 4 aromatic heterocycles. The number of amides is 1. The minimum Gasteiger partial charge on any atom is -0.307 e. The van der Waals surface area contributed by atoms with Gasteiger partial charge in [-0.25, -0.2) is 18.9 Å². The summed E-state index contributed by atoms with van der Waals surface area (Å²) in [4.78, 5) is 22.0. The fourth-order valence-electron chi connectivity index (χ4n) is 4.14. The molecule has 6 rings (SSSR count). The quantitative estimate of drug-likeness (QED) is 0.287. The van der Waals surface area contributed by atoms with Gasteiger partial charge < -0.3 is 5.32 Å². The van der Waals surface area contributed by atoms with Crippen LogP contribution in [0.4, 0.5) is 10.2 Å². The van der Waals surface area contributed by atoms with Crippen molar-refractivity contribution in [2.45, 2.75) is 0 Å². The molecule has 0 aliphatic rings. The molecule has 36 heavy (non-hydrogen) atoms. The molecule has 0 aliphatic heterocycles. The van der Waals surface area contributed by atoms with Crippen molar-refractivity contribution in [2.24, 2.45) is 0 Å². The Morgan fingerprint density at radius 2 is 1.81 bits per heavy atom. The number of pyridine rings is 2. The molecule has 0 fully saturated rings. The Morgan fingerprint density at radius 1 is 0.944 bits per heavy atom. The summed E-state index contributed by atoms with van der Waals surface area (Å²) in [7, 11) is 0. The van der Waals surface area contributed by atoms with Crippen LogP contribution >= 0.6 is 0 Å². The number of carbonyl (C=O) groups is 1. The van der Waals surface area contributed by atoms with Gasteiger partial charge in [0.15, 0.2) is 5.65 Å². The predicted octanol–water partition coefficient (Wildman–Crippen LogP) is 4.53. The van der Waals surface area contributed by atoms with Crippen LogP contribution in [0.25, 0.3) is 39.1 Å². The van der Waals surface area contributed by atoms with Crippen LogP contribution in [0.3, 0.4) is 0 Å². The molecule has 8 nitrogen and oxygen atoms in total. The molecule has 174 valence electrons. The fraction of sp³-hybridized carbons (Fsp3) is 0. The number of anilines is 1. The van der Waals surface area contributed by atoms with E-state index in [1.165, 1.54) is 18.3 Å². The second kappa shape index (κ2) is 8.55. The number of carbonyl (C=O) groups excluding carboxylic acids is 1. The number of nitrogens with one attached hydrogen (secondary N) is 1. The van der Waals surface area contributed by atoms with Crippen molar-refractivity contribution in [1.82, 2.24) is 19.6 Å². The number of imidazole rings is 1. The lowest BCUT2D eigenvalue weighted by molar-refractivity contribution is -0.884. The molecule has 0 atom stereocenters. The lowest BCUT2D eigenvalue weighted by Gasteiger charge is -2.09. The van der Waals surface area contributed by atoms with Crippen molar-refractivity contribution < 1.29 is 19.1 Å². The van der Waals surface area contributed by atoms with E-state index in [-0.39, 0.29) is 11.7 Å². The maximum atomic E-state index is 13.6. The molecule has 9 heteroatoms. The lowest BCUT2D eigenvalue weighted by Crippen LogP contribution is -2.29. The highest BCUT2D eigenvalue weighted by molar-refractivity contribution is 6.05. The van der Waals surface area contributed by atoms with Crippen LogP contribution in [-0.4, -0.2) is 30.7 Å². The molecule has 0 bridgehead atoms. The summed E-state index contributed by atoms with van der Waals surface area (Å²) in [6.45, 7) is 0. The van der Waals surface area contributed by atoms with Crippen LogP contribution in [0.5, 0.6) is 0 Å². The Balaban J connectivity index is 1.38. The third-order valence-corrected chi connectivity index (χ3v) is 5.83. The van der Waals surface area contributed by atoms with E-state index in [1.807, 2.05) is 12.1 Å². The molecule has 2 aromatic carbocycles. The lowest BCUT2D eigenvalue weighted by atomic mass is 10.1. The molecule has 0 unspecified atom stereocenters. The van der Waals surface area contributed by atoms with E-state index in [0.29, 0.717) is 33.9 Å². The van der Waals surface area contributed by atoms with Crippen LogP contribution in [0.1, 0.15) is 10.4 Å². The highest BCUT2D eigenvalue weighted by atomic mass is 19.1. The molecule has 6 aromatic rings. The summed E-state index contributed by atoms with van der Waals surface area (Å²) in [5.41, 5.74) is 4.41. The monoisotopic (exact) mass is 477 g/mol. The van der Waals surface area contributed by atoms with Crippen molar-refractivity contribution in [3.63, 3.8) is 0 Å². The Kier molecular flexibility index (Phi) is 5.07. The first-order valence-electron chi connectivity index (χ1n) is 11.1. The standard InChI is InChI=1S/C27H17FN6O2/c28-21-8-5-17(6-9-21)25-26(34-24(32-25)4-1-12-30-34)19-11-13-29-23(16-19)31-27(35)20-7-10-22-18(15-20)3-2-14-33(22)36/h1-16H,(H-,29,31,35,36)/p+1. The Morgan fingerprint density at radius 3 is 2.67 bits per heavy atom. The topological polar surface area (TPSA) is 96.3 Å². The number of halogens is 1. The third kappa shape index (κ3) is 3.78. The summed E-state index contributed by atoms with van der Waals surface area (Å²) < 4.78 is 16.3. The van der Waals surface area contributed by atoms with Gasteiger partial charge in [-0.2, -0.15) is 5.10 Å². The molecular weight excluding hydrogens is 459 g/mol. The van der Waals surface area contributed by atoms with Crippen molar-refractivity contribution in [3.05, 3.63) is 109 Å². The van der Waals surface area contributed by atoms with Gasteiger partial charge in [-0.3, -0.25) is 10.0 Å². The van der Waals surface area contributed by atoms with E-state index >= 15 is 0 Å². The van der Waals surface area contributed by atoms with E-state index < -0.39 is 0 Å². The zero-order valence-electron chi connectivity index (χ0n) is 18.7. The largest absolute Gasteiger partial charge is 0.307 e. The molecule has 1 amide bonds. The first kappa shape index (κ1) is 21.4. The molecule has 4 heterocycles. The first-order valence-corrected chi connectivity index (χ1v) is 11.1. The minimum atomic E-state index is -0.343. The Hall–Kier alpha value is -5.18. The highest BCUT2D eigenvalue weighted by Crippen LogP contribution is 2.33. The van der Waals surface area contributed by atoms with Crippen LogP contribution in [-0.2, 0) is 0 Å². The maximum Gasteiger partial charge on any atom is 0.264 e. The van der Waals surface area contributed by atoms with Crippen LogP contribution in [0.15, 0.2) is 97.5 Å². The zero-order valence-corrected chi connectivity index (χ0v) is 18.7. The smallest absolute Gasteiger partial charge is 0.264 e. The van der Waals surface area contributed by atoms with Crippen LogP contribution in [0.2, 0.25) is 0 Å². The van der Waals surface area contributed by atoms with E-state index in [0.717, 1.165) is 21.2 Å². The first-order chi connectivity index (χ1) is 17.6. The summed E-state index contributed by atoms with van der Waals surface area (Å²) in [5.74, 6) is -0.331. The number of benzene rings is 2. The van der Waals surface area contributed by atoms with Crippen LogP contribution in [0, 0.1) is 5.82 Å². The molecular formula is C27H18FN6O2+. The van der Waals surface area contributed by atoms with Gasteiger partial charge in [0, 0.05) is 45.9 Å². The van der Waals surface area contributed by atoms with Crippen molar-refractivity contribution in [1.29, 1.82) is 0 Å². The summed E-state index contributed by atoms with van der Waals surface area (Å²) >= 11 is 0. The number of rotatable bonds is 4. The number of aromatic nitrogens is 5. The van der Waals surface area contributed by atoms with E-state index in [1.54, 1.807) is 71.5 Å². The van der Waals surface area contributed by atoms with Gasteiger partial charge in [0.25, 0.3) is 11.4 Å². The van der Waals surface area contributed by atoms with E-state index in [2.05, 4.69) is 15.4 Å². The summed E-state index contributed by atoms with van der Waals surface area (Å²) in [5, 5.41) is 17.9. The third-order valence-electron chi connectivity index (χ3n) is 5.83. The number of hydrogen-bond acceptors (Lipinski definition) is 5. The SMILES string of the molecule is O=C(Nc1cc(-c2c(-c3ccc(F)cc3)nc3cccnn23)ccn1)c1ccc2c(ccc[n+]2O)c1. The second-order valence-corrected chi connectivity index (χ2v) is 8.12. The molecule has 0 saturated carbocycles. The average molecular weight is 477 g/mol. The zero-order chi connectivity index (χ0) is 24.6. The highest BCUT2D eigenvalue weighted by Gasteiger charge is 2.18. The molecule has 0 saturated heterocycles. The minimum absolute atomic E-state index is 0.335. The van der Waals surface area contributed by atoms with Gasteiger partial charge in [-0.05, 0) is 66.7 Å². The van der Waals surface area contributed by atoms with Gasteiger partial charge in [-0.1, -0.05) is 0 Å². The normalized spacial score (nSPS) is 11.1. The van der Waals surface area contributed by atoms with Crippen molar-refractivity contribution in [3.8, 4) is 22.5 Å². The predicted molar refractivity (Wildman–Crippen MR) is 131 cm³/mol. The number of fused-ring (bicyclic) bond motifs is 2. The van der Waals surface area contributed by atoms with Gasteiger partial charge in [0.1, 0.15) is 17.3 Å². The molecule has 0 aliphatic carbocycles. The Bertz CT molecular complexity index is 1760. The van der Waals surface area contributed by atoms with Gasteiger partial charge in [0.05, 0.1) is 11.1 Å². The van der Waals surface area contributed by atoms with Gasteiger partial charge in [-0.15, -0.1) is 0 Å². The average Bonchev–Trinajstić information content (AvgIpc) is 3.29. The maximum absolute atomic E-state index is 13.6. The van der Waals surface area contributed by atoms with Gasteiger partial charge in [0.2, 0.25) is 6.20 Å². The van der Waals surface area contributed by atoms with Crippen molar-refractivity contribution >= 4 is 28.3 Å². The fourth-order valence-corrected chi connectivity index (χ4v) is 4.14. The molecule has 0 radical (unpaired) electrons. The van der Waals surface area contributed by atoms with E-state index in [4.69, 9.17) is 4.98 Å². The number of hydrogen-bond donors (Lipinski definition) is 2. The molecule has 2 N–H and O–H groups in total. The number of nitrogens with zero attached hydrogens (tertiary/aromatic N) is 5. The van der Waals surface area contributed by atoms with E-state index in [9.17, 15) is 14.4 Å².